The molecule has 1 fully saturated rings. The molecule has 9 nitrogen and oxygen atoms in total. The van der Waals surface area contributed by atoms with Crippen molar-refractivity contribution in [2.45, 2.75) is 40.7 Å². The lowest BCUT2D eigenvalue weighted by Gasteiger charge is -2.34. The second-order valence-corrected chi connectivity index (χ2v) is 7.42. The van der Waals surface area contributed by atoms with Gasteiger partial charge in [0, 0.05) is 49.7 Å². The number of rotatable bonds is 4. The summed E-state index contributed by atoms with van der Waals surface area (Å²) in [5.74, 6) is 1.99. The number of hydrogen-bond acceptors (Lipinski definition) is 7. The van der Waals surface area contributed by atoms with E-state index >= 15 is 0 Å². The molecule has 1 amide bonds. The van der Waals surface area contributed by atoms with E-state index in [2.05, 4.69) is 25.1 Å². The topological polar surface area (TPSA) is 92.7 Å². The minimum atomic E-state index is 0.0577. The normalized spacial score (nSPS) is 15.5. The zero-order valence-electron chi connectivity index (χ0n) is 16.8. The first-order chi connectivity index (χ1) is 13.4. The van der Waals surface area contributed by atoms with Crippen molar-refractivity contribution < 1.29 is 9.32 Å². The van der Waals surface area contributed by atoms with E-state index in [1.165, 1.54) is 0 Å². The van der Waals surface area contributed by atoms with E-state index < -0.39 is 0 Å². The average molecular weight is 383 g/mol. The van der Waals surface area contributed by atoms with E-state index in [4.69, 9.17) is 4.52 Å². The van der Waals surface area contributed by atoms with Crippen molar-refractivity contribution in [3.8, 4) is 0 Å². The monoisotopic (exact) mass is 383 g/mol. The Kier molecular flexibility index (Phi) is 4.84. The van der Waals surface area contributed by atoms with Crippen molar-refractivity contribution in [3.05, 3.63) is 40.3 Å². The van der Waals surface area contributed by atoms with Gasteiger partial charge in [-0.2, -0.15) is 4.98 Å². The number of aryl methyl sites for hydroxylation is 4. The Morgan fingerprint density at radius 1 is 1.11 bits per heavy atom. The van der Waals surface area contributed by atoms with Crippen LogP contribution >= 0.6 is 0 Å². The van der Waals surface area contributed by atoms with E-state index in [0.29, 0.717) is 24.7 Å². The molecule has 0 aliphatic carbocycles. The molecule has 28 heavy (non-hydrogen) atoms. The molecule has 0 spiro atoms. The Bertz CT molecular complexity index is 995. The van der Waals surface area contributed by atoms with E-state index in [1.807, 2.05) is 38.7 Å². The fourth-order valence-corrected chi connectivity index (χ4v) is 3.64. The van der Waals surface area contributed by atoms with Crippen molar-refractivity contribution in [3.63, 3.8) is 0 Å². The quantitative estimate of drug-likeness (QED) is 0.669. The summed E-state index contributed by atoms with van der Waals surface area (Å²) in [6, 6.07) is 1.95. The summed E-state index contributed by atoms with van der Waals surface area (Å²) in [6.45, 7) is 11.6. The first-order valence-electron chi connectivity index (χ1n) is 9.52. The van der Waals surface area contributed by atoms with E-state index in [1.54, 1.807) is 4.52 Å². The van der Waals surface area contributed by atoms with Crippen LogP contribution in [-0.2, 0) is 17.8 Å². The molecule has 1 aliphatic rings. The van der Waals surface area contributed by atoms with Crippen molar-refractivity contribution in [1.82, 2.24) is 34.5 Å². The fraction of sp³-hybridized carbons (Fsp3) is 0.526. The zero-order chi connectivity index (χ0) is 19.8. The molecule has 0 bridgehead atoms. The number of aromatic nitrogens is 5. The second kappa shape index (κ2) is 7.31. The van der Waals surface area contributed by atoms with Gasteiger partial charge in [-0.1, -0.05) is 5.16 Å². The summed E-state index contributed by atoms with van der Waals surface area (Å²) in [4.78, 5) is 25.7. The maximum Gasteiger partial charge on any atom is 0.252 e. The predicted molar refractivity (Wildman–Crippen MR) is 102 cm³/mol. The first kappa shape index (κ1) is 18.5. The minimum Gasteiger partial charge on any atom is -0.361 e. The molecule has 1 aliphatic heterocycles. The number of piperazine rings is 1. The molecule has 4 heterocycles. The van der Waals surface area contributed by atoms with Gasteiger partial charge in [0.25, 0.3) is 5.78 Å². The number of hydrogen-bond donors (Lipinski definition) is 0. The van der Waals surface area contributed by atoms with Crippen molar-refractivity contribution in [1.29, 1.82) is 0 Å². The smallest absolute Gasteiger partial charge is 0.252 e. The lowest BCUT2D eigenvalue weighted by molar-refractivity contribution is -0.132. The third-order valence-electron chi connectivity index (χ3n) is 5.26. The van der Waals surface area contributed by atoms with Gasteiger partial charge < -0.3 is 9.42 Å². The molecule has 0 aromatic carbocycles. The maximum absolute atomic E-state index is 12.7. The minimum absolute atomic E-state index is 0.0577. The fourth-order valence-electron chi connectivity index (χ4n) is 3.64. The van der Waals surface area contributed by atoms with Gasteiger partial charge in [-0.15, -0.1) is 5.10 Å². The number of nitrogens with zero attached hydrogens (tertiary/aromatic N) is 7. The number of amides is 1. The van der Waals surface area contributed by atoms with Crippen LogP contribution in [0.3, 0.4) is 0 Å². The summed E-state index contributed by atoms with van der Waals surface area (Å²) in [5, 5.41) is 8.45. The highest BCUT2D eigenvalue weighted by Crippen LogP contribution is 2.16. The van der Waals surface area contributed by atoms with Crippen LogP contribution in [-0.4, -0.2) is 66.6 Å². The molecule has 0 radical (unpaired) electrons. The summed E-state index contributed by atoms with van der Waals surface area (Å²) in [6.07, 6.45) is 0.200. The Balaban J connectivity index is 1.36. The molecule has 0 N–H and O–H groups in total. The number of carbonyl (C=O) groups is 1. The molecule has 148 valence electrons. The Labute approximate surface area is 163 Å². The van der Waals surface area contributed by atoms with Gasteiger partial charge in [-0.05, 0) is 33.8 Å². The van der Waals surface area contributed by atoms with Crippen LogP contribution in [0.25, 0.3) is 5.78 Å². The molecule has 3 aromatic heterocycles. The van der Waals surface area contributed by atoms with Gasteiger partial charge in [0.1, 0.15) is 5.76 Å². The predicted octanol–water partition coefficient (Wildman–Crippen LogP) is 1.23. The molecular formula is C19H25N7O2. The number of carbonyl (C=O) groups excluding carboxylic acids is 1. The third-order valence-corrected chi connectivity index (χ3v) is 5.26. The molecule has 3 aromatic rings. The SMILES string of the molecule is Cc1cc(C)n2nc(CC(=O)N3CCN(Cc4c(C)noc4C)CC3)nc2n1. The van der Waals surface area contributed by atoms with Gasteiger partial charge in [-0.25, -0.2) is 9.50 Å². The Hall–Kier alpha value is -2.81. The summed E-state index contributed by atoms with van der Waals surface area (Å²) in [5.41, 5.74) is 3.94. The van der Waals surface area contributed by atoms with Crippen LogP contribution in [0.4, 0.5) is 0 Å². The highest BCUT2D eigenvalue weighted by Gasteiger charge is 2.24. The van der Waals surface area contributed by atoms with Gasteiger partial charge in [0.05, 0.1) is 12.1 Å². The first-order valence-corrected chi connectivity index (χ1v) is 9.52. The summed E-state index contributed by atoms with van der Waals surface area (Å²) >= 11 is 0. The molecule has 4 rings (SSSR count). The van der Waals surface area contributed by atoms with Gasteiger partial charge in [0.15, 0.2) is 5.82 Å². The van der Waals surface area contributed by atoms with Crippen LogP contribution in [0.1, 0.15) is 34.2 Å². The molecule has 9 heteroatoms. The zero-order valence-corrected chi connectivity index (χ0v) is 16.8. The lowest BCUT2D eigenvalue weighted by atomic mass is 10.1. The van der Waals surface area contributed by atoms with E-state index in [0.717, 1.165) is 48.0 Å². The van der Waals surface area contributed by atoms with Crippen molar-refractivity contribution >= 4 is 11.7 Å². The Morgan fingerprint density at radius 2 is 1.86 bits per heavy atom. The molecule has 0 unspecified atom stereocenters. The lowest BCUT2D eigenvalue weighted by Crippen LogP contribution is -2.48. The molecule has 1 saturated heterocycles. The molecular weight excluding hydrogens is 358 g/mol. The molecule has 0 saturated carbocycles. The summed E-state index contributed by atoms with van der Waals surface area (Å²) in [7, 11) is 0. The largest absolute Gasteiger partial charge is 0.361 e. The molecule has 0 atom stereocenters. The average Bonchev–Trinajstić information content (AvgIpc) is 3.20. The van der Waals surface area contributed by atoms with Crippen LogP contribution < -0.4 is 0 Å². The maximum atomic E-state index is 12.7. The van der Waals surface area contributed by atoms with Crippen LogP contribution in [0.5, 0.6) is 0 Å². The van der Waals surface area contributed by atoms with Crippen LogP contribution in [0.15, 0.2) is 10.6 Å². The standard InChI is InChI=1S/C19H25N7O2/c1-12-9-13(2)26-19(20-12)21-17(22-26)10-18(27)25-7-5-24(6-8-25)11-16-14(3)23-28-15(16)4/h9H,5-8,10-11H2,1-4H3. The van der Waals surface area contributed by atoms with E-state index in [-0.39, 0.29) is 12.3 Å². The number of fused-ring (bicyclic) bond motifs is 1. The van der Waals surface area contributed by atoms with E-state index in [9.17, 15) is 4.79 Å². The third kappa shape index (κ3) is 3.62. The second-order valence-electron chi connectivity index (χ2n) is 7.42. The van der Waals surface area contributed by atoms with Gasteiger partial charge in [0.2, 0.25) is 5.91 Å². The van der Waals surface area contributed by atoms with Crippen LogP contribution in [0, 0.1) is 27.7 Å². The van der Waals surface area contributed by atoms with Crippen molar-refractivity contribution in [2.75, 3.05) is 26.2 Å². The highest BCUT2D eigenvalue weighted by atomic mass is 16.5. The van der Waals surface area contributed by atoms with Gasteiger partial charge >= 0.3 is 0 Å². The van der Waals surface area contributed by atoms with Gasteiger partial charge in [-0.3, -0.25) is 9.69 Å². The highest BCUT2D eigenvalue weighted by molar-refractivity contribution is 5.78. The summed E-state index contributed by atoms with van der Waals surface area (Å²) < 4.78 is 6.93. The van der Waals surface area contributed by atoms with Crippen LogP contribution in [0.2, 0.25) is 0 Å². The Morgan fingerprint density at radius 3 is 2.54 bits per heavy atom. The van der Waals surface area contributed by atoms with Crippen molar-refractivity contribution in [2.24, 2.45) is 0 Å².